The van der Waals surface area contributed by atoms with Crippen molar-refractivity contribution in [1.82, 2.24) is 0 Å². The molecule has 2 saturated heterocycles. The molecule has 2 aliphatic rings. The first-order valence-corrected chi connectivity index (χ1v) is 14.8. The zero-order valence-corrected chi connectivity index (χ0v) is 24.7. The van der Waals surface area contributed by atoms with Crippen LogP contribution >= 0.6 is 11.8 Å². The molecule has 0 aliphatic carbocycles. The van der Waals surface area contributed by atoms with Gasteiger partial charge in [0.1, 0.15) is 0 Å². The molecule has 204 valence electrons. The summed E-state index contributed by atoms with van der Waals surface area (Å²) in [5.74, 6) is 2.43. The third kappa shape index (κ3) is 11.9. The van der Waals surface area contributed by atoms with E-state index < -0.39 is 5.79 Å². The molecule has 0 aromatic carbocycles. The van der Waals surface area contributed by atoms with Crippen LogP contribution in [0.4, 0.5) is 0 Å². The lowest BCUT2D eigenvalue weighted by Crippen LogP contribution is -2.56. The van der Waals surface area contributed by atoms with E-state index in [0.717, 1.165) is 12.4 Å². The number of hydrogen-bond acceptors (Lipinski definition) is 6. The molecular formula is C28H56O5S. The van der Waals surface area contributed by atoms with Gasteiger partial charge in [-0.3, -0.25) is 0 Å². The molecule has 0 bridgehead atoms. The van der Waals surface area contributed by atoms with Crippen LogP contribution in [0.25, 0.3) is 0 Å². The Balaban J connectivity index is 0.000000437. The molecule has 0 amide bonds. The van der Waals surface area contributed by atoms with E-state index in [-0.39, 0.29) is 17.3 Å². The smallest absolute Gasteiger partial charge is 0.167 e. The number of epoxide rings is 1. The predicted octanol–water partition coefficient (Wildman–Crippen LogP) is 7.25. The molecule has 0 N–H and O–H groups in total. The van der Waals surface area contributed by atoms with Gasteiger partial charge in [0.25, 0.3) is 0 Å². The number of unbranched alkanes of at least 4 members (excludes halogenated alkanes) is 5. The van der Waals surface area contributed by atoms with Crippen LogP contribution in [0.15, 0.2) is 0 Å². The standard InChI is InChI=1S/C19H38O3S.C9H18O2/c1-5-6-7-8-9-10-12-17(19(2,20-3)21-4)13-11-14-23-16-18-15-22-18;1-7-6-10-8(2,3)9(4,5)11-7/h17-18H,5-16H2,1-4H3;7H,6H2,1-5H3. The molecule has 0 spiro atoms. The molecule has 3 unspecified atom stereocenters. The van der Waals surface area contributed by atoms with Crippen LogP contribution in [0.5, 0.6) is 0 Å². The van der Waals surface area contributed by atoms with Crippen molar-refractivity contribution in [3.8, 4) is 0 Å². The van der Waals surface area contributed by atoms with E-state index in [1.807, 2.05) is 18.7 Å². The van der Waals surface area contributed by atoms with Gasteiger partial charge in [0, 0.05) is 25.9 Å². The van der Waals surface area contributed by atoms with Gasteiger partial charge in [0.05, 0.1) is 36.6 Å². The second-order valence-corrected chi connectivity index (χ2v) is 12.3. The molecule has 6 heteroatoms. The fourth-order valence-corrected chi connectivity index (χ4v) is 5.24. The van der Waals surface area contributed by atoms with E-state index >= 15 is 0 Å². The number of thioether (sulfide) groups is 1. The van der Waals surface area contributed by atoms with Crippen molar-refractivity contribution in [2.75, 3.05) is 38.9 Å². The summed E-state index contributed by atoms with van der Waals surface area (Å²) in [5, 5.41) is 0. The van der Waals surface area contributed by atoms with Crippen molar-refractivity contribution in [1.29, 1.82) is 0 Å². The summed E-state index contributed by atoms with van der Waals surface area (Å²) < 4.78 is 28.1. The Labute approximate surface area is 215 Å². The number of rotatable bonds is 16. The predicted molar refractivity (Wildman–Crippen MR) is 145 cm³/mol. The molecule has 2 rings (SSSR count). The van der Waals surface area contributed by atoms with Crippen molar-refractivity contribution >= 4 is 11.8 Å². The summed E-state index contributed by atoms with van der Waals surface area (Å²) in [6, 6.07) is 0. The first-order chi connectivity index (χ1) is 16.0. The van der Waals surface area contributed by atoms with E-state index in [9.17, 15) is 0 Å². The molecule has 0 saturated carbocycles. The maximum atomic E-state index is 5.76. The van der Waals surface area contributed by atoms with Gasteiger partial charge in [0.2, 0.25) is 0 Å². The molecule has 2 fully saturated rings. The third-order valence-electron chi connectivity index (χ3n) is 7.63. The van der Waals surface area contributed by atoms with Crippen molar-refractivity contribution in [3.63, 3.8) is 0 Å². The maximum Gasteiger partial charge on any atom is 0.167 e. The third-order valence-corrected chi connectivity index (χ3v) is 8.82. The Bertz CT molecular complexity index is 517. The lowest BCUT2D eigenvalue weighted by molar-refractivity contribution is -0.257. The van der Waals surface area contributed by atoms with Gasteiger partial charge in [-0.15, -0.1) is 0 Å². The molecule has 0 aromatic heterocycles. The van der Waals surface area contributed by atoms with Crippen LogP contribution in [0, 0.1) is 5.92 Å². The molecule has 0 radical (unpaired) electrons. The van der Waals surface area contributed by atoms with E-state index in [1.165, 1.54) is 63.5 Å². The number of methoxy groups -OCH3 is 2. The highest BCUT2D eigenvalue weighted by atomic mass is 32.2. The second kappa shape index (κ2) is 16.1. The van der Waals surface area contributed by atoms with E-state index in [2.05, 4.69) is 41.5 Å². The van der Waals surface area contributed by atoms with E-state index in [1.54, 1.807) is 14.2 Å². The van der Waals surface area contributed by atoms with E-state index in [4.69, 9.17) is 23.7 Å². The monoisotopic (exact) mass is 504 g/mol. The SMILES string of the molecule is CC1COC(C)(C)C(C)(C)O1.CCCCCCCCC(CCCSCC1CO1)C(C)(OC)OC. The van der Waals surface area contributed by atoms with Gasteiger partial charge in [-0.1, -0.05) is 45.4 Å². The highest BCUT2D eigenvalue weighted by molar-refractivity contribution is 7.99. The van der Waals surface area contributed by atoms with Crippen molar-refractivity contribution in [3.05, 3.63) is 0 Å². The Kier molecular flexibility index (Phi) is 15.2. The average molecular weight is 505 g/mol. The van der Waals surface area contributed by atoms with Gasteiger partial charge in [-0.2, -0.15) is 11.8 Å². The zero-order valence-electron chi connectivity index (χ0n) is 23.9. The minimum atomic E-state index is -0.437. The molecule has 2 heterocycles. The number of ether oxygens (including phenoxy) is 5. The van der Waals surface area contributed by atoms with Crippen LogP contribution in [0.3, 0.4) is 0 Å². The van der Waals surface area contributed by atoms with Crippen LogP contribution < -0.4 is 0 Å². The summed E-state index contributed by atoms with van der Waals surface area (Å²) >= 11 is 2.02. The molecule has 5 nitrogen and oxygen atoms in total. The van der Waals surface area contributed by atoms with Gasteiger partial charge in [0.15, 0.2) is 5.79 Å². The zero-order chi connectivity index (χ0) is 25.7. The van der Waals surface area contributed by atoms with Crippen molar-refractivity contribution < 1.29 is 23.7 Å². The highest BCUT2D eigenvalue weighted by Crippen LogP contribution is 2.34. The summed E-state index contributed by atoms with van der Waals surface area (Å²) in [7, 11) is 3.55. The molecule has 34 heavy (non-hydrogen) atoms. The van der Waals surface area contributed by atoms with Crippen molar-refractivity contribution in [2.24, 2.45) is 5.92 Å². The van der Waals surface area contributed by atoms with Crippen LogP contribution in [-0.4, -0.2) is 68.1 Å². The van der Waals surface area contributed by atoms with Crippen molar-refractivity contribution in [2.45, 2.75) is 135 Å². The summed E-state index contributed by atoms with van der Waals surface area (Å²) in [6.07, 6.45) is 12.5. The Morgan fingerprint density at radius 3 is 2.03 bits per heavy atom. The summed E-state index contributed by atoms with van der Waals surface area (Å²) in [5.41, 5.74) is -0.343. The Morgan fingerprint density at radius 1 is 0.912 bits per heavy atom. The second-order valence-electron chi connectivity index (χ2n) is 11.1. The van der Waals surface area contributed by atoms with Gasteiger partial charge in [-0.25, -0.2) is 0 Å². The molecular weight excluding hydrogens is 448 g/mol. The minimum absolute atomic E-state index is 0.167. The Morgan fingerprint density at radius 2 is 1.50 bits per heavy atom. The maximum absolute atomic E-state index is 5.76. The van der Waals surface area contributed by atoms with Gasteiger partial charge < -0.3 is 23.7 Å². The van der Waals surface area contributed by atoms with Crippen LogP contribution in [0.1, 0.15) is 106 Å². The Hall–Kier alpha value is 0.150. The lowest BCUT2D eigenvalue weighted by Gasteiger charge is -2.47. The fourth-order valence-electron chi connectivity index (χ4n) is 4.25. The minimum Gasteiger partial charge on any atom is -0.372 e. The van der Waals surface area contributed by atoms with Gasteiger partial charge >= 0.3 is 0 Å². The first kappa shape index (κ1) is 32.2. The summed E-state index contributed by atoms with van der Waals surface area (Å²) in [4.78, 5) is 0. The normalized spacial score (nSPS) is 24.3. The molecule has 2 aliphatic heterocycles. The largest absolute Gasteiger partial charge is 0.372 e. The number of hydrogen-bond donors (Lipinski definition) is 0. The topological polar surface area (TPSA) is 49.5 Å². The van der Waals surface area contributed by atoms with Crippen LogP contribution in [0.2, 0.25) is 0 Å². The fraction of sp³-hybridized carbons (Fsp3) is 1.00. The van der Waals surface area contributed by atoms with E-state index in [0.29, 0.717) is 18.6 Å². The first-order valence-electron chi connectivity index (χ1n) is 13.6. The average Bonchev–Trinajstić information content (AvgIpc) is 3.61. The molecule has 3 atom stereocenters. The van der Waals surface area contributed by atoms with Gasteiger partial charge in [-0.05, 0) is 66.6 Å². The quantitative estimate of drug-likeness (QED) is 0.125. The molecule has 0 aromatic rings. The lowest BCUT2D eigenvalue weighted by atomic mass is 9.88. The highest BCUT2D eigenvalue weighted by Gasteiger charge is 2.43. The summed E-state index contributed by atoms with van der Waals surface area (Å²) in [6.45, 7) is 16.4. The van der Waals surface area contributed by atoms with Crippen LogP contribution in [-0.2, 0) is 23.7 Å².